The molecule has 0 aliphatic carbocycles. The SMILES string of the molecule is CC(C)(C)OC(=O)N1Cc2ccc(N(Cc3ccc(-c4nnc(C(F)F)o4)cc3)S(C)(=O)=O)cc2C1. The van der Waals surface area contributed by atoms with Gasteiger partial charge in [0.1, 0.15) is 5.60 Å². The highest BCUT2D eigenvalue weighted by molar-refractivity contribution is 7.92. The summed E-state index contributed by atoms with van der Waals surface area (Å²) >= 11 is 0. The van der Waals surface area contributed by atoms with E-state index in [1.807, 2.05) is 6.07 Å². The van der Waals surface area contributed by atoms with Gasteiger partial charge >= 0.3 is 12.5 Å². The normalized spacial score (nSPS) is 13.7. The molecule has 0 fully saturated rings. The van der Waals surface area contributed by atoms with Crippen LogP contribution < -0.4 is 4.31 Å². The second-order valence-corrected chi connectivity index (χ2v) is 11.4. The molecule has 1 aromatic heterocycles. The van der Waals surface area contributed by atoms with Crippen molar-refractivity contribution in [3.05, 3.63) is 65.0 Å². The zero-order valence-corrected chi connectivity index (χ0v) is 21.1. The monoisotopic (exact) mass is 520 g/mol. The number of nitrogens with zero attached hydrogens (tertiary/aromatic N) is 4. The van der Waals surface area contributed by atoms with Gasteiger partial charge in [0.15, 0.2) is 0 Å². The summed E-state index contributed by atoms with van der Waals surface area (Å²) in [5.74, 6) is -0.816. The number of anilines is 1. The standard InChI is InChI=1S/C24H26F2N4O5S/c1-24(2,3)35-23(31)29-13-17-9-10-19(11-18(17)14-29)30(36(4,32)33)12-15-5-7-16(8-6-15)21-27-28-22(34-21)20(25)26/h5-11,20H,12-14H2,1-4H3. The van der Waals surface area contributed by atoms with E-state index >= 15 is 0 Å². The topological polar surface area (TPSA) is 106 Å². The Morgan fingerprint density at radius 3 is 2.36 bits per heavy atom. The molecule has 0 bridgehead atoms. The number of benzene rings is 2. The number of fused-ring (bicyclic) bond motifs is 1. The van der Waals surface area contributed by atoms with E-state index in [9.17, 15) is 22.0 Å². The number of amides is 1. The van der Waals surface area contributed by atoms with Crippen molar-refractivity contribution < 1.29 is 31.1 Å². The first kappa shape index (κ1) is 25.5. The molecule has 2 heterocycles. The van der Waals surface area contributed by atoms with Crippen LogP contribution in [-0.4, -0.2) is 41.5 Å². The molecule has 0 saturated heterocycles. The number of rotatable bonds is 6. The van der Waals surface area contributed by atoms with E-state index in [1.54, 1.807) is 62.1 Å². The first-order valence-electron chi connectivity index (χ1n) is 11.1. The Balaban J connectivity index is 1.52. The van der Waals surface area contributed by atoms with E-state index in [2.05, 4.69) is 10.2 Å². The van der Waals surface area contributed by atoms with E-state index < -0.39 is 34.0 Å². The lowest BCUT2D eigenvalue weighted by Gasteiger charge is -2.24. The van der Waals surface area contributed by atoms with Crippen LogP contribution in [0.15, 0.2) is 46.9 Å². The summed E-state index contributed by atoms with van der Waals surface area (Å²) in [4.78, 5) is 14.0. The van der Waals surface area contributed by atoms with Crippen LogP contribution in [0.2, 0.25) is 0 Å². The fourth-order valence-electron chi connectivity index (χ4n) is 3.75. The summed E-state index contributed by atoms with van der Waals surface area (Å²) in [7, 11) is -3.65. The minimum atomic E-state index is -3.65. The van der Waals surface area contributed by atoms with Gasteiger partial charge in [0, 0.05) is 18.7 Å². The lowest BCUT2D eigenvalue weighted by Crippen LogP contribution is -2.33. The number of carbonyl (C=O) groups is 1. The third kappa shape index (κ3) is 5.81. The molecule has 4 rings (SSSR count). The van der Waals surface area contributed by atoms with Gasteiger partial charge in [0.2, 0.25) is 15.9 Å². The zero-order chi connectivity index (χ0) is 26.3. The molecular weight excluding hydrogens is 494 g/mol. The molecule has 3 aromatic rings. The Labute approximate surface area is 207 Å². The third-order valence-electron chi connectivity index (χ3n) is 5.41. The summed E-state index contributed by atoms with van der Waals surface area (Å²) in [5, 5.41) is 6.93. The molecule has 9 nitrogen and oxygen atoms in total. The molecule has 192 valence electrons. The van der Waals surface area contributed by atoms with Gasteiger partial charge < -0.3 is 9.15 Å². The maximum atomic E-state index is 12.7. The lowest BCUT2D eigenvalue weighted by molar-refractivity contribution is 0.0241. The van der Waals surface area contributed by atoms with Gasteiger partial charge in [0.05, 0.1) is 18.5 Å². The van der Waals surface area contributed by atoms with Crippen LogP contribution in [0.5, 0.6) is 0 Å². The van der Waals surface area contributed by atoms with Crippen molar-refractivity contribution in [2.45, 2.75) is 52.4 Å². The van der Waals surface area contributed by atoms with E-state index in [-0.39, 0.29) is 12.4 Å². The van der Waals surface area contributed by atoms with Crippen LogP contribution in [0.3, 0.4) is 0 Å². The summed E-state index contributed by atoms with van der Waals surface area (Å²) < 4.78 is 62.4. The largest absolute Gasteiger partial charge is 0.444 e. The maximum absolute atomic E-state index is 12.7. The molecule has 0 N–H and O–H groups in total. The third-order valence-corrected chi connectivity index (χ3v) is 6.55. The second-order valence-electron chi connectivity index (χ2n) is 9.50. The van der Waals surface area contributed by atoms with E-state index in [0.717, 1.165) is 17.4 Å². The number of hydrogen-bond donors (Lipinski definition) is 0. The van der Waals surface area contributed by atoms with Crippen LogP contribution in [0.1, 0.15) is 49.8 Å². The smallest absolute Gasteiger partial charge is 0.410 e. The summed E-state index contributed by atoms with van der Waals surface area (Å²) in [6, 6.07) is 11.8. The van der Waals surface area contributed by atoms with Gasteiger partial charge in [-0.3, -0.25) is 9.21 Å². The summed E-state index contributed by atoms with van der Waals surface area (Å²) in [5.41, 5.74) is 2.70. The quantitative estimate of drug-likeness (QED) is 0.456. The Morgan fingerprint density at radius 2 is 1.78 bits per heavy atom. The van der Waals surface area contributed by atoms with Gasteiger partial charge in [-0.2, -0.15) is 8.78 Å². The van der Waals surface area contributed by atoms with Crippen LogP contribution in [0.25, 0.3) is 11.5 Å². The molecule has 0 radical (unpaired) electrons. The first-order valence-corrected chi connectivity index (χ1v) is 12.9. The second kappa shape index (κ2) is 9.49. The van der Waals surface area contributed by atoms with Gasteiger partial charge in [-0.15, -0.1) is 10.2 Å². The Kier molecular flexibility index (Phi) is 6.74. The molecule has 0 atom stereocenters. The summed E-state index contributed by atoms with van der Waals surface area (Å²) in [6.45, 7) is 6.13. The van der Waals surface area contributed by atoms with Crippen LogP contribution in [0.4, 0.5) is 19.3 Å². The molecule has 1 aliphatic heterocycles. The molecule has 1 aliphatic rings. The highest BCUT2D eigenvalue weighted by Gasteiger charge is 2.29. The maximum Gasteiger partial charge on any atom is 0.410 e. The molecule has 36 heavy (non-hydrogen) atoms. The number of alkyl halides is 2. The molecular formula is C24H26F2N4O5S. The van der Waals surface area contributed by atoms with Crippen LogP contribution >= 0.6 is 0 Å². The number of ether oxygens (including phenoxy) is 1. The van der Waals surface area contributed by atoms with E-state index in [4.69, 9.17) is 9.15 Å². The highest BCUT2D eigenvalue weighted by atomic mass is 32.2. The van der Waals surface area contributed by atoms with Crippen molar-refractivity contribution in [3.63, 3.8) is 0 Å². The number of halogens is 2. The highest BCUT2D eigenvalue weighted by Crippen LogP contribution is 2.31. The van der Waals surface area contributed by atoms with Crippen molar-refractivity contribution in [2.24, 2.45) is 0 Å². The van der Waals surface area contributed by atoms with Gasteiger partial charge in [-0.05, 0) is 61.7 Å². The molecule has 0 spiro atoms. The number of carbonyl (C=O) groups excluding carboxylic acids is 1. The van der Waals surface area contributed by atoms with Crippen molar-refractivity contribution in [2.75, 3.05) is 10.6 Å². The molecule has 12 heteroatoms. The average molecular weight is 521 g/mol. The van der Waals surface area contributed by atoms with E-state index in [1.165, 1.54) is 4.31 Å². The predicted octanol–water partition coefficient (Wildman–Crippen LogP) is 4.89. The fourth-order valence-corrected chi connectivity index (χ4v) is 4.63. The predicted molar refractivity (Wildman–Crippen MR) is 128 cm³/mol. The molecule has 1 amide bonds. The van der Waals surface area contributed by atoms with Gasteiger partial charge in [-0.1, -0.05) is 18.2 Å². The minimum absolute atomic E-state index is 0.0415. The van der Waals surface area contributed by atoms with Crippen molar-refractivity contribution in [1.82, 2.24) is 15.1 Å². The van der Waals surface area contributed by atoms with Crippen molar-refractivity contribution in [3.8, 4) is 11.5 Å². The zero-order valence-electron chi connectivity index (χ0n) is 20.2. The van der Waals surface area contributed by atoms with Crippen molar-refractivity contribution >= 4 is 21.8 Å². The van der Waals surface area contributed by atoms with Crippen LogP contribution in [0, 0.1) is 0 Å². The van der Waals surface area contributed by atoms with E-state index in [0.29, 0.717) is 29.9 Å². The molecule has 0 saturated carbocycles. The lowest BCUT2D eigenvalue weighted by atomic mass is 10.1. The van der Waals surface area contributed by atoms with Gasteiger partial charge in [0.25, 0.3) is 5.89 Å². The molecule has 0 unspecified atom stereocenters. The van der Waals surface area contributed by atoms with Crippen molar-refractivity contribution in [1.29, 1.82) is 0 Å². The fraction of sp³-hybridized carbons (Fsp3) is 0.375. The number of hydrogen-bond acceptors (Lipinski definition) is 7. The first-order chi connectivity index (χ1) is 16.8. The van der Waals surface area contributed by atoms with Crippen LogP contribution in [-0.2, 0) is 34.4 Å². The minimum Gasteiger partial charge on any atom is -0.444 e. The number of aromatic nitrogens is 2. The summed E-state index contributed by atoms with van der Waals surface area (Å²) in [6.07, 6.45) is -2.18. The Morgan fingerprint density at radius 1 is 1.11 bits per heavy atom. The Hall–Kier alpha value is -3.54. The Bertz CT molecular complexity index is 1370. The molecule has 2 aromatic carbocycles. The van der Waals surface area contributed by atoms with Gasteiger partial charge in [-0.25, -0.2) is 13.2 Å². The number of sulfonamides is 1. The average Bonchev–Trinajstić information content (AvgIpc) is 3.43.